The summed E-state index contributed by atoms with van der Waals surface area (Å²) in [5, 5.41) is 8.10. The zero-order chi connectivity index (χ0) is 15.0. The molecule has 112 valence electrons. The van der Waals surface area contributed by atoms with E-state index >= 15 is 0 Å². The monoisotopic (exact) mass is 286 g/mol. The van der Waals surface area contributed by atoms with Crippen LogP contribution in [0, 0.1) is 6.92 Å². The molecular formula is C16H22N4O. The molecule has 0 unspecified atom stereocenters. The topological polar surface area (TPSA) is 75.0 Å². The third-order valence-electron chi connectivity index (χ3n) is 4.34. The lowest BCUT2D eigenvalue weighted by molar-refractivity contribution is 0.0579. The van der Waals surface area contributed by atoms with E-state index in [1.54, 1.807) is 0 Å². The third-order valence-corrected chi connectivity index (χ3v) is 4.34. The summed E-state index contributed by atoms with van der Waals surface area (Å²) in [7, 11) is 0. The minimum absolute atomic E-state index is 0.00569. The molecule has 21 heavy (non-hydrogen) atoms. The maximum atomic E-state index is 12.9. The van der Waals surface area contributed by atoms with Crippen LogP contribution in [0.2, 0.25) is 0 Å². The summed E-state index contributed by atoms with van der Waals surface area (Å²) in [6, 6.07) is 6.09. The Morgan fingerprint density at radius 2 is 2.29 bits per heavy atom. The Balaban J connectivity index is 1.97. The minimum atomic E-state index is -0.0128. The highest BCUT2D eigenvalue weighted by Gasteiger charge is 2.31. The number of amides is 1. The zero-order valence-corrected chi connectivity index (χ0v) is 12.6. The van der Waals surface area contributed by atoms with Gasteiger partial charge in [-0.15, -0.1) is 0 Å². The van der Waals surface area contributed by atoms with Crippen molar-refractivity contribution in [3.05, 3.63) is 29.5 Å². The molecule has 2 atom stereocenters. The Morgan fingerprint density at radius 3 is 3.05 bits per heavy atom. The van der Waals surface area contributed by atoms with Crippen LogP contribution in [0.3, 0.4) is 0 Å². The maximum absolute atomic E-state index is 12.9. The van der Waals surface area contributed by atoms with Gasteiger partial charge < -0.3 is 10.6 Å². The van der Waals surface area contributed by atoms with E-state index in [9.17, 15) is 4.79 Å². The SMILES string of the molecule is Cc1ccc2[nH]nc(C(=O)N3CCCC[C@@H]3[C@H](C)N)c2c1. The van der Waals surface area contributed by atoms with E-state index in [0.29, 0.717) is 5.69 Å². The van der Waals surface area contributed by atoms with Crippen LogP contribution < -0.4 is 5.73 Å². The van der Waals surface area contributed by atoms with E-state index in [2.05, 4.69) is 10.2 Å². The molecule has 3 N–H and O–H groups in total. The van der Waals surface area contributed by atoms with Crippen molar-refractivity contribution in [2.75, 3.05) is 6.54 Å². The molecule has 0 spiro atoms. The number of aryl methyl sites for hydroxylation is 1. The number of piperidine rings is 1. The van der Waals surface area contributed by atoms with Crippen LogP contribution in [-0.2, 0) is 0 Å². The molecule has 1 aromatic carbocycles. The van der Waals surface area contributed by atoms with Gasteiger partial charge in [-0.05, 0) is 45.2 Å². The van der Waals surface area contributed by atoms with Gasteiger partial charge in [-0.25, -0.2) is 0 Å². The first kappa shape index (κ1) is 14.1. The summed E-state index contributed by atoms with van der Waals surface area (Å²) in [6.07, 6.45) is 3.15. The molecule has 1 aliphatic rings. The van der Waals surface area contributed by atoms with Gasteiger partial charge in [0.1, 0.15) is 0 Å². The lowest BCUT2D eigenvalue weighted by atomic mass is 9.96. The van der Waals surface area contributed by atoms with Gasteiger partial charge in [-0.2, -0.15) is 5.10 Å². The van der Waals surface area contributed by atoms with Gasteiger partial charge in [0, 0.05) is 24.0 Å². The van der Waals surface area contributed by atoms with Gasteiger partial charge in [-0.3, -0.25) is 9.89 Å². The number of hydrogen-bond acceptors (Lipinski definition) is 3. The fourth-order valence-electron chi connectivity index (χ4n) is 3.18. The first-order valence-electron chi connectivity index (χ1n) is 7.59. The Morgan fingerprint density at radius 1 is 1.48 bits per heavy atom. The number of nitrogens with two attached hydrogens (primary N) is 1. The molecule has 1 saturated heterocycles. The quantitative estimate of drug-likeness (QED) is 0.888. The molecule has 1 aliphatic heterocycles. The average molecular weight is 286 g/mol. The van der Waals surface area contributed by atoms with Crippen molar-refractivity contribution in [1.29, 1.82) is 0 Å². The zero-order valence-electron chi connectivity index (χ0n) is 12.6. The second-order valence-electron chi connectivity index (χ2n) is 6.04. The standard InChI is InChI=1S/C16H22N4O/c1-10-6-7-13-12(9-10)15(19-18-13)16(21)20-8-4-3-5-14(20)11(2)17/h6-7,9,11,14H,3-5,8,17H2,1-2H3,(H,18,19)/t11-,14+/m0/s1. The van der Waals surface area contributed by atoms with Crippen molar-refractivity contribution >= 4 is 16.8 Å². The first-order chi connectivity index (χ1) is 10.1. The number of H-pyrrole nitrogens is 1. The van der Waals surface area contributed by atoms with Gasteiger partial charge in [-0.1, -0.05) is 11.6 Å². The van der Waals surface area contributed by atoms with Gasteiger partial charge in [0.05, 0.1) is 5.52 Å². The van der Waals surface area contributed by atoms with E-state index in [-0.39, 0.29) is 18.0 Å². The molecule has 1 fully saturated rings. The van der Waals surface area contributed by atoms with Crippen molar-refractivity contribution in [2.45, 2.75) is 45.2 Å². The average Bonchev–Trinajstić information content (AvgIpc) is 2.89. The lowest BCUT2D eigenvalue weighted by Gasteiger charge is -2.37. The van der Waals surface area contributed by atoms with E-state index < -0.39 is 0 Å². The molecule has 0 aliphatic carbocycles. The van der Waals surface area contributed by atoms with E-state index in [0.717, 1.165) is 42.3 Å². The summed E-state index contributed by atoms with van der Waals surface area (Å²) in [5.74, 6) is -0.00569. The molecule has 5 heteroatoms. The van der Waals surface area contributed by atoms with Gasteiger partial charge in [0.15, 0.2) is 5.69 Å². The van der Waals surface area contributed by atoms with E-state index in [1.807, 2.05) is 36.9 Å². The van der Waals surface area contributed by atoms with Crippen molar-refractivity contribution in [3.63, 3.8) is 0 Å². The Bertz CT molecular complexity index is 661. The predicted octanol–water partition coefficient (Wildman–Crippen LogP) is 2.21. The van der Waals surface area contributed by atoms with E-state index in [1.165, 1.54) is 0 Å². The van der Waals surface area contributed by atoms with Crippen LogP contribution in [0.4, 0.5) is 0 Å². The fourth-order valence-corrected chi connectivity index (χ4v) is 3.18. The number of aromatic amines is 1. The molecule has 0 bridgehead atoms. The molecule has 1 amide bonds. The summed E-state index contributed by atoms with van der Waals surface area (Å²) < 4.78 is 0. The number of carbonyl (C=O) groups excluding carboxylic acids is 1. The number of fused-ring (bicyclic) bond motifs is 1. The van der Waals surface area contributed by atoms with Crippen LogP contribution in [-0.4, -0.2) is 39.6 Å². The highest BCUT2D eigenvalue weighted by atomic mass is 16.2. The fraction of sp³-hybridized carbons (Fsp3) is 0.500. The van der Waals surface area contributed by atoms with Gasteiger partial charge in [0.25, 0.3) is 5.91 Å². The molecular weight excluding hydrogens is 264 g/mol. The van der Waals surface area contributed by atoms with Gasteiger partial charge in [0.2, 0.25) is 0 Å². The summed E-state index contributed by atoms with van der Waals surface area (Å²) in [6.45, 7) is 4.76. The predicted molar refractivity (Wildman–Crippen MR) is 83.2 cm³/mol. The normalized spacial score (nSPS) is 20.7. The molecule has 3 rings (SSSR count). The molecule has 0 saturated carbocycles. The Hall–Kier alpha value is -1.88. The molecule has 5 nitrogen and oxygen atoms in total. The molecule has 0 radical (unpaired) electrons. The number of rotatable bonds is 2. The third kappa shape index (κ3) is 2.53. The summed E-state index contributed by atoms with van der Waals surface area (Å²) in [5.41, 5.74) is 8.60. The first-order valence-corrected chi connectivity index (χ1v) is 7.59. The largest absolute Gasteiger partial charge is 0.333 e. The molecule has 2 aromatic rings. The maximum Gasteiger partial charge on any atom is 0.275 e. The van der Waals surface area contributed by atoms with Crippen LogP contribution >= 0.6 is 0 Å². The van der Waals surface area contributed by atoms with Crippen molar-refractivity contribution in [2.24, 2.45) is 5.73 Å². The second-order valence-corrected chi connectivity index (χ2v) is 6.04. The minimum Gasteiger partial charge on any atom is -0.333 e. The van der Waals surface area contributed by atoms with Gasteiger partial charge >= 0.3 is 0 Å². The van der Waals surface area contributed by atoms with Crippen molar-refractivity contribution in [3.8, 4) is 0 Å². The van der Waals surface area contributed by atoms with Crippen LogP contribution in [0.15, 0.2) is 18.2 Å². The number of aromatic nitrogens is 2. The molecule has 2 heterocycles. The number of nitrogens with one attached hydrogen (secondary N) is 1. The second kappa shape index (κ2) is 5.48. The number of likely N-dealkylation sites (tertiary alicyclic amines) is 1. The Labute approximate surface area is 124 Å². The van der Waals surface area contributed by atoms with Crippen LogP contribution in [0.25, 0.3) is 10.9 Å². The van der Waals surface area contributed by atoms with Crippen molar-refractivity contribution in [1.82, 2.24) is 15.1 Å². The number of carbonyl (C=O) groups is 1. The lowest BCUT2D eigenvalue weighted by Crippen LogP contribution is -2.51. The van der Waals surface area contributed by atoms with Crippen LogP contribution in [0.1, 0.15) is 42.2 Å². The highest BCUT2D eigenvalue weighted by Crippen LogP contribution is 2.24. The molecule has 1 aromatic heterocycles. The smallest absolute Gasteiger partial charge is 0.275 e. The van der Waals surface area contributed by atoms with Crippen molar-refractivity contribution < 1.29 is 4.79 Å². The number of benzene rings is 1. The number of hydrogen-bond donors (Lipinski definition) is 2. The highest BCUT2D eigenvalue weighted by molar-refractivity contribution is 6.05. The number of nitrogens with zero attached hydrogens (tertiary/aromatic N) is 2. The Kier molecular flexibility index (Phi) is 3.68. The summed E-state index contributed by atoms with van der Waals surface area (Å²) in [4.78, 5) is 14.8. The van der Waals surface area contributed by atoms with E-state index in [4.69, 9.17) is 5.73 Å². The van der Waals surface area contributed by atoms with Crippen LogP contribution in [0.5, 0.6) is 0 Å². The summed E-state index contributed by atoms with van der Waals surface area (Å²) >= 11 is 0.